The lowest BCUT2D eigenvalue weighted by Crippen LogP contribution is -2.56. The molecular weight excluding hydrogens is 344 g/mol. The van der Waals surface area contributed by atoms with E-state index in [9.17, 15) is 9.59 Å². The Morgan fingerprint density at radius 1 is 1.28 bits per heavy atom. The van der Waals surface area contributed by atoms with Gasteiger partial charge in [0.15, 0.2) is 0 Å². The smallest absolute Gasteiger partial charge is 0.407 e. The number of carbonyl (C=O) groups is 2. The molecule has 0 aliphatic carbocycles. The molecule has 4 rings (SSSR count). The van der Waals surface area contributed by atoms with Crippen molar-refractivity contribution in [1.29, 1.82) is 0 Å². The SMILES string of the molecule is O=C(O)N1CC(Nc2cncc(N3Cc4cc(Cl)ccc4C3=O)c2)C1. The number of nitrogens with zero attached hydrogens (tertiary/aromatic N) is 3. The highest BCUT2D eigenvalue weighted by Crippen LogP contribution is 2.31. The van der Waals surface area contributed by atoms with Crippen molar-refractivity contribution >= 4 is 35.0 Å². The Labute approximate surface area is 148 Å². The Hall–Kier alpha value is -2.80. The second kappa shape index (κ2) is 5.93. The minimum absolute atomic E-state index is 0.0541. The third-order valence-corrected chi connectivity index (χ3v) is 4.66. The zero-order chi connectivity index (χ0) is 17.6. The van der Waals surface area contributed by atoms with E-state index in [1.165, 1.54) is 4.90 Å². The third kappa shape index (κ3) is 2.87. The van der Waals surface area contributed by atoms with Crippen LogP contribution in [0.4, 0.5) is 16.2 Å². The summed E-state index contributed by atoms with van der Waals surface area (Å²) in [5, 5.41) is 12.7. The number of anilines is 2. The van der Waals surface area contributed by atoms with Crippen molar-refractivity contribution in [2.45, 2.75) is 12.6 Å². The van der Waals surface area contributed by atoms with Gasteiger partial charge in [-0.1, -0.05) is 11.6 Å². The lowest BCUT2D eigenvalue weighted by molar-refractivity contribution is 0.0996. The van der Waals surface area contributed by atoms with E-state index in [2.05, 4.69) is 10.3 Å². The van der Waals surface area contributed by atoms with Crippen molar-refractivity contribution in [1.82, 2.24) is 9.88 Å². The minimum atomic E-state index is -0.913. The number of pyridine rings is 1. The number of benzene rings is 1. The molecule has 2 aliphatic heterocycles. The Bertz CT molecular complexity index is 867. The third-order valence-electron chi connectivity index (χ3n) is 4.43. The summed E-state index contributed by atoms with van der Waals surface area (Å²) in [6.07, 6.45) is 2.39. The van der Waals surface area contributed by atoms with Crippen LogP contribution in [0.15, 0.2) is 36.7 Å². The average molecular weight is 359 g/mol. The summed E-state index contributed by atoms with van der Waals surface area (Å²) in [6, 6.07) is 7.16. The van der Waals surface area contributed by atoms with Gasteiger partial charge in [0.2, 0.25) is 0 Å². The zero-order valence-electron chi connectivity index (χ0n) is 13.1. The van der Waals surface area contributed by atoms with E-state index in [0.29, 0.717) is 35.9 Å². The van der Waals surface area contributed by atoms with Gasteiger partial charge >= 0.3 is 6.09 Å². The normalized spacial score (nSPS) is 16.6. The van der Waals surface area contributed by atoms with Crippen molar-refractivity contribution in [2.24, 2.45) is 0 Å². The molecule has 3 heterocycles. The number of nitrogens with one attached hydrogen (secondary N) is 1. The maximum atomic E-state index is 12.6. The molecule has 8 heteroatoms. The van der Waals surface area contributed by atoms with Crippen molar-refractivity contribution in [3.63, 3.8) is 0 Å². The number of aromatic nitrogens is 1. The van der Waals surface area contributed by atoms with Crippen LogP contribution in [0, 0.1) is 0 Å². The number of hydrogen-bond donors (Lipinski definition) is 2. The van der Waals surface area contributed by atoms with Crippen LogP contribution >= 0.6 is 11.6 Å². The van der Waals surface area contributed by atoms with Crippen molar-refractivity contribution in [3.05, 3.63) is 52.8 Å². The van der Waals surface area contributed by atoms with Gasteiger partial charge in [-0.15, -0.1) is 0 Å². The molecule has 25 heavy (non-hydrogen) atoms. The summed E-state index contributed by atoms with van der Waals surface area (Å²) >= 11 is 6.01. The van der Waals surface area contributed by atoms with E-state index in [1.807, 2.05) is 6.07 Å². The molecule has 0 bridgehead atoms. The van der Waals surface area contributed by atoms with E-state index in [4.69, 9.17) is 16.7 Å². The van der Waals surface area contributed by atoms with Crippen molar-refractivity contribution < 1.29 is 14.7 Å². The van der Waals surface area contributed by atoms with E-state index >= 15 is 0 Å². The Kier molecular flexibility index (Phi) is 3.73. The molecule has 0 saturated carbocycles. The molecule has 0 unspecified atom stereocenters. The topological polar surface area (TPSA) is 85.8 Å². The fraction of sp³-hybridized carbons (Fsp3) is 0.235. The number of amides is 2. The number of fused-ring (bicyclic) bond motifs is 1. The molecule has 2 N–H and O–H groups in total. The van der Waals surface area contributed by atoms with Crippen LogP contribution < -0.4 is 10.2 Å². The lowest BCUT2D eigenvalue weighted by atomic mass is 10.1. The quantitative estimate of drug-likeness (QED) is 0.881. The molecule has 2 amide bonds. The van der Waals surface area contributed by atoms with Gasteiger partial charge in [0.25, 0.3) is 5.91 Å². The Morgan fingerprint density at radius 2 is 2.08 bits per heavy atom. The second-order valence-electron chi connectivity index (χ2n) is 6.15. The summed E-state index contributed by atoms with van der Waals surface area (Å²) in [6.45, 7) is 1.33. The molecule has 1 fully saturated rings. The molecule has 7 nitrogen and oxygen atoms in total. The highest BCUT2D eigenvalue weighted by molar-refractivity contribution is 6.31. The molecule has 1 saturated heterocycles. The van der Waals surface area contributed by atoms with Crippen LogP contribution in [-0.2, 0) is 6.54 Å². The van der Waals surface area contributed by atoms with E-state index in [1.54, 1.807) is 35.5 Å². The van der Waals surface area contributed by atoms with Gasteiger partial charge in [-0.05, 0) is 29.8 Å². The van der Waals surface area contributed by atoms with Gasteiger partial charge in [0.05, 0.1) is 36.4 Å². The van der Waals surface area contributed by atoms with Crippen molar-refractivity contribution in [3.8, 4) is 0 Å². The first-order chi connectivity index (χ1) is 12.0. The predicted molar refractivity (Wildman–Crippen MR) is 93.2 cm³/mol. The number of likely N-dealkylation sites (tertiary alicyclic amines) is 1. The number of carbonyl (C=O) groups excluding carboxylic acids is 1. The lowest BCUT2D eigenvalue weighted by Gasteiger charge is -2.37. The molecule has 128 valence electrons. The highest BCUT2D eigenvalue weighted by Gasteiger charge is 2.31. The van der Waals surface area contributed by atoms with Gasteiger partial charge in [-0.2, -0.15) is 0 Å². The van der Waals surface area contributed by atoms with Gasteiger partial charge in [0, 0.05) is 23.7 Å². The first-order valence-corrected chi connectivity index (χ1v) is 8.19. The largest absolute Gasteiger partial charge is 0.465 e. The van der Waals surface area contributed by atoms with Gasteiger partial charge in [0.1, 0.15) is 0 Å². The highest BCUT2D eigenvalue weighted by atomic mass is 35.5. The first kappa shape index (κ1) is 15.7. The monoisotopic (exact) mass is 358 g/mol. The van der Waals surface area contributed by atoms with E-state index in [0.717, 1.165) is 11.3 Å². The van der Waals surface area contributed by atoms with Gasteiger partial charge in [-0.3, -0.25) is 9.78 Å². The van der Waals surface area contributed by atoms with Crippen LogP contribution in [0.2, 0.25) is 5.02 Å². The van der Waals surface area contributed by atoms with Crippen LogP contribution in [-0.4, -0.2) is 46.1 Å². The summed E-state index contributed by atoms with van der Waals surface area (Å²) < 4.78 is 0. The molecular formula is C17H15ClN4O3. The van der Waals surface area contributed by atoms with Gasteiger partial charge in [-0.25, -0.2) is 4.79 Å². The molecule has 2 aromatic rings. The Morgan fingerprint density at radius 3 is 2.84 bits per heavy atom. The predicted octanol–water partition coefficient (Wildman–Crippen LogP) is 2.67. The number of rotatable bonds is 3. The van der Waals surface area contributed by atoms with E-state index in [-0.39, 0.29) is 11.9 Å². The summed E-state index contributed by atoms with van der Waals surface area (Å²) in [5.74, 6) is -0.0775. The van der Waals surface area contributed by atoms with Crippen LogP contribution in [0.3, 0.4) is 0 Å². The molecule has 2 aliphatic rings. The number of halogens is 1. The summed E-state index contributed by atoms with van der Waals surface area (Å²) in [7, 11) is 0. The summed E-state index contributed by atoms with van der Waals surface area (Å²) in [5.41, 5.74) is 3.00. The molecule has 1 aromatic carbocycles. The summed E-state index contributed by atoms with van der Waals surface area (Å²) in [4.78, 5) is 30.6. The second-order valence-corrected chi connectivity index (χ2v) is 6.59. The van der Waals surface area contributed by atoms with Crippen LogP contribution in [0.5, 0.6) is 0 Å². The zero-order valence-corrected chi connectivity index (χ0v) is 13.9. The first-order valence-electron chi connectivity index (χ1n) is 7.81. The standard InChI is InChI=1S/C17H15ClN4O3/c18-11-1-2-15-10(3-11)7-22(16(15)23)14-4-12(5-19-6-14)20-13-8-21(9-13)17(24)25/h1-6,13,20H,7-9H2,(H,24,25). The maximum Gasteiger partial charge on any atom is 0.407 e. The van der Waals surface area contributed by atoms with Crippen LogP contribution in [0.25, 0.3) is 0 Å². The van der Waals surface area contributed by atoms with E-state index < -0.39 is 6.09 Å². The fourth-order valence-corrected chi connectivity index (χ4v) is 3.31. The van der Waals surface area contributed by atoms with Crippen LogP contribution in [0.1, 0.15) is 15.9 Å². The number of hydrogen-bond acceptors (Lipinski definition) is 4. The van der Waals surface area contributed by atoms with Crippen molar-refractivity contribution in [2.75, 3.05) is 23.3 Å². The fourth-order valence-electron chi connectivity index (χ4n) is 3.11. The Balaban J connectivity index is 1.49. The molecule has 0 atom stereocenters. The maximum absolute atomic E-state index is 12.6. The molecule has 0 spiro atoms. The average Bonchev–Trinajstić information content (AvgIpc) is 2.86. The molecule has 0 radical (unpaired) electrons. The van der Waals surface area contributed by atoms with Gasteiger partial charge < -0.3 is 20.2 Å². The minimum Gasteiger partial charge on any atom is -0.465 e. The molecule has 1 aromatic heterocycles. The number of carboxylic acid groups (broad SMARTS) is 1.